The lowest BCUT2D eigenvalue weighted by molar-refractivity contribution is -0.143. The molecule has 0 fully saturated rings. The topological polar surface area (TPSA) is 50.1 Å². The number of carbonyl (C=O) groups is 1. The summed E-state index contributed by atoms with van der Waals surface area (Å²) in [5, 5.41) is 8.66. The average Bonchev–Trinajstić information content (AvgIpc) is 2.38. The Bertz CT molecular complexity index is 408. The first-order chi connectivity index (χ1) is 8.17. The van der Waals surface area contributed by atoms with E-state index in [0.29, 0.717) is 5.56 Å². The zero-order valence-corrected chi connectivity index (χ0v) is 10.8. The maximum atomic E-state index is 11.2. The lowest BCUT2D eigenvalue weighted by atomic mass is 10.2. The van der Waals surface area contributed by atoms with Gasteiger partial charge < -0.3 is 4.74 Å². The summed E-state index contributed by atoms with van der Waals surface area (Å²) in [5.74, 6) is 1.33. The van der Waals surface area contributed by atoms with Gasteiger partial charge in [-0.2, -0.15) is 17.0 Å². The van der Waals surface area contributed by atoms with E-state index in [4.69, 9.17) is 5.26 Å². The minimum absolute atomic E-state index is 0.0802. The number of carbonyl (C=O) groups excluding carboxylic acids is 1. The Kier molecular flexibility index (Phi) is 5.58. The van der Waals surface area contributed by atoms with Crippen LogP contribution in [0.1, 0.15) is 18.1 Å². The normalized spacial score (nSPS) is 11.6. The Balaban J connectivity index is 2.36. The highest BCUT2D eigenvalue weighted by molar-refractivity contribution is 7.98. The highest BCUT2D eigenvalue weighted by atomic mass is 32.2. The molecule has 0 spiro atoms. The minimum atomic E-state index is -0.169. The Morgan fingerprint density at radius 1 is 1.47 bits per heavy atom. The average molecular weight is 249 g/mol. The molecule has 0 aromatic heterocycles. The van der Waals surface area contributed by atoms with Gasteiger partial charge in [-0.3, -0.25) is 4.79 Å². The summed E-state index contributed by atoms with van der Waals surface area (Å²) in [7, 11) is 1.41. The summed E-state index contributed by atoms with van der Waals surface area (Å²) in [6.07, 6.45) is 0. The third-order valence-corrected chi connectivity index (χ3v) is 3.60. The van der Waals surface area contributed by atoms with Crippen molar-refractivity contribution in [2.75, 3.05) is 12.9 Å². The summed E-state index contributed by atoms with van der Waals surface area (Å²) >= 11 is 1.69. The smallest absolute Gasteiger partial charge is 0.309 e. The van der Waals surface area contributed by atoms with Gasteiger partial charge in [-0.25, -0.2) is 0 Å². The van der Waals surface area contributed by atoms with Gasteiger partial charge >= 0.3 is 5.97 Å². The van der Waals surface area contributed by atoms with Crippen LogP contribution in [0.5, 0.6) is 0 Å². The molecule has 0 N–H and O–H groups in total. The van der Waals surface area contributed by atoms with Crippen LogP contribution in [0.4, 0.5) is 0 Å². The summed E-state index contributed by atoms with van der Waals surface area (Å²) in [6.45, 7) is 1.86. The van der Waals surface area contributed by atoms with Gasteiger partial charge in [0, 0.05) is 11.5 Å². The number of thioether (sulfide) groups is 1. The van der Waals surface area contributed by atoms with Crippen LogP contribution in [0.3, 0.4) is 0 Å². The first kappa shape index (κ1) is 13.6. The first-order valence-electron chi connectivity index (χ1n) is 5.32. The second kappa shape index (κ2) is 6.97. The van der Waals surface area contributed by atoms with E-state index in [1.807, 2.05) is 19.1 Å². The Morgan fingerprint density at radius 3 is 2.65 bits per heavy atom. The largest absolute Gasteiger partial charge is 0.469 e. The van der Waals surface area contributed by atoms with Crippen molar-refractivity contribution in [3.05, 3.63) is 35.4 Å². The molecular formula is C13H15NO2S. The molecule has 1 rings (SSSR count). The number of rotatable bonds is 5. The quantitative estimate of drug-likeness (QED) is 0.753. The molecule has 0 aliphatic carbocycles. The van der Waals surface area contributed by atoms with Crippen LogP contribution in [0.2, 0.25) is 0 Å². The molecule has 0 aliphatic heterocycles. The molecule has 1 aromatic carbocycles. The second-order valence-corrected chi connectivity index (χ2v) is 4.78. The molecule has 4 heteroatoms. The van der Waals surface area contributed by atoms with Crippen molar-refractivity contribution in [2.24, 2.45) is 5.92 Å². The zero-order chi connectivity index (χ0) is 12.7. The molecule has 1 atom stereocenters. The second-order valence-electron chi connectivity index (χ2n) is 3.75. The number of hydrogen-bond acceptors (Lipinski definition) is 4. The number of methoxy groups -OCH3 is 1. The van der Waals surface area contributed by atoms with Gasteiger partial charge in [0.25, 0.3) is 0 Å². The van der Waals surface area contributed by atoms with Crippen molar-refractivity contribution >= 4 is 17.7 Å². The van der Waals surface area contributed by atoms with E-state index in [1.165, 1.54) is 7.11 Å². The van der Waals surface area contributed by atoms with Crippen molar-refractivity contribution in [3.63, 3.8) is 0 Å². The molecule has 0 bridgehead atoms. The molecule has 0 unspecified atom stereocenters. The summed E-state index contributed by atoms with van der Waals surface area (Å²) in [6, 6.07) is 9.57. The predicted octanol–water partition coefficient (Wildman–Crippen LogP) is 2.60. The molecule has 0 radical (unpaired) electrons. The van der Waals surface area contributed by atoms with E-state index in [1.54, 1.807) is 23.9 Å². The van der Waals surface area contributed by atoms with Gasteiger partial charge in [0.05, 0.1) is 24.7 Å². The third-order valence-electron chi connectivity index (χ3n) is 2.32. The van der Waals surface area contributed by atoms with E-state index in [9.17, 15) is 4.79 Å². The summed E-state index contributed by atoms with van der Waals surface area (Å²) in [4.78, 5) is 11.2. The van der Waals surface area contributed by atoms with Crippen LogP contribution >= 0.6 is 11.8 Å². The number of nitriles is 1. The number of hydrogen-bond donors (Lipinski definition) is 0. The van der Waals surface area contributed by atoms with E-state index in [-0.39, 0.29) is 11.9 Å². The Morgan fingerprint density at radius 2 is 2.12 bits per heavy atom. The molecule has 3 nitrogen and oxygen atoms in total. The summed E-state index contributed by atoms with van der Waals surface area (Å²) in [5.41, 5.74) is 1.83. The van der Waals surface area contributed by atoms with E-state index >= 15 is 0 Å². The molecule has 17 heavy (non-hydrogen) atoms. The van der Waals surface area contributed by atoms with E-state index in [2.05, 4.69) is 10.8 Å². The highest BCUT2D eigenvalue weighted by Gasteiger charge is 2.12. The molecule has 0 amide bonds. The van der Waals surface area contributed by atoms with Gasteiger partial charge in [-0.1, -0.05) is 19.1 Å². The fraction of sp³-hybridized carbons (Fsp3) is 0.385. The monoisotopic (exact) mass is 249 g/mol. The van der Waals surface area contributed by atoms with Crippen molar-refractivity contribution in [3.8, 4) is 6.07 Å². The van der Waals surface area contributed by atoms with Crippen LogP contribution in [0.15, 0.2) is 24.3 Å². The molecular weight excluding hydrogens is 234 g/mol. The lowest BCUT2D eigenvalue weighted by Crippen LogP contribution is -2.14. The van der Waals surface area contributed by atoms with Crippen molar-refractivity contribution in [2.45, 2.75) is 12.7 Å². The fourth-order valence-corrected chi connectivity index (χ4v) is 2.33. The van der Waals surface area contributed by atoms with Gasteiger partial charge in [0.2, 0.25) is 0 Å². The molecule has 0 aliphatic rings. The van der Waals surface area contributed by atoms with Crippen molar-refractivity contribution in [1.29, 1.82) is 5.26 Å². The van der Waals surface area contributed by atoms with Crippen LogP contribution in [0.25, 0.3) is 0 Å². The maximum absolute atomic E-state index is 11.2. The van der Waals surface area contributed by atoms with Gasteiger partial charge in [-0.15, -0.1) is 0 Å². The Hall–Kier alpha value is -1.47. The number of ether oxygens (including phenoxy) is 1. The van der Waals surface area contributed by atoms with Gasteiger partial charge in [0.1, 0.15) is 0 Å². The van der Waals surface area contributed by atoms with Crippen LogP contribution in [0, 0.1) is 17.2 Å². The fourth-order valence-electron chi connectivity index (χ4n) is 1.30. The molecule has 90 valence electrons. The molecule has 1 aromatic rings. The summed E-state index contributed by atoms with van der Waals surface area (Å²) < 4.78 is 4.66. The van der Waals surface area contributed by atoms with Crippen LogP contribution in [-0.2, 0) is 15.3 Å². The van der Waals surface area contributed by atoms with E-state index in [0.717, 1.165) is 17.1 Å². The van der Waals surface area contributed by atoms with Crippen molar-refractivity contribution < 1.29 is 9.53 Å². The zero-order valence-electron chi connectivity index (χ0n) is 9.97. The number of benzene rings is 1. The third kappa shape index (κ3) is 4.49. The van der Waals surface area contributed by atoms with Gasteiger partial charge in [-0.05, 0) is 17.7 Å². The highest BCUT2D eigenvalue weighted by Crippen LogP contribution is 2.16. The van der Waals surface area contributed by atoms with E-state index < -0.39 is 0 Å². The molecule has 0 saturated heterocycles. The van der Waals surface area contributed by atoms with Crippen LogP contribution < -0.4 is 0 Å². The van der Waals surface area contributed by atoms with Crippen molar-refractivity contribution in [1.82, 2.24) is 0 Å². The molecule has 0 heterocycles. The lowest BCUT2D eigenvalue weighted by Gasteiger charge is -2.08. The maximum Gasteiger partial charge on any atom is 0.309 e. The van der Waals surface area contributed by atoms with Gasteiger partial charge in [0.15, 0.2) is 0 Å². The number of nitrogens with zero attached hydrogens (tertiary/aromatic N) is 1. The first-order valence-corrected chi connectivity index (χ1v) is 6.47. The minimum Gasteiger partial charge on any atom is -0.469 e. The standard InChI is InChI=1S/C13H15NO2S/c1-10(13(15)16-2)8-17-9-12-5-3-11(7-14)4-6-12/h3-6,10H,8-9H2,1-2H3/t10-/m1/s1. The number of esters is 1. The predicted molar refractivity (Wildman–Crippen MR) is 68.5 cm³/mol. The van der Waals surface area contributed by atoms with Crippen LogP contribution in [-0.4, -0.2) is 18.8 Å². The Labute approximate surface area is 106 Å². The molecule has 0 saturated carbocycles. The SMILES string of the molecule is COC(=O)[C@H](C)CSCc1ccc(C#N)cc1.